The van der Waals surface area contributed by atoms with Crippen molar-refractivity contribution in [2.45, 2.75) is 6.54 Å². The van der Waals surface area contributed by atoms with Gasteiger partial charge in [-0.1, -0.05) is 12.1 Å². The summed E-state index contributed by atoms with van der Waals surface area (Å²) in [5.41, 5.74) is 1.51. The van der Waals surface area contributed by atoms with E-state index in [4.69, 9.17) is 0 Å². The van der Waals surface area contributed by atoms with Crippen LogP contribution in [0.15, 0.2) is 41.6 Å². The van der Waals surface area contributed by atoms with Gasteiger partial charge in [-0.15, -0.1) is 0 Å². The van der Waals surface area contributed by atoms with Gasteiger partial charge in [-0.2, -0.15) is 0 Å². The van der Waals surface area contributed by atoms with E-state index in [1.165, 1.54) is 23.0 Å². The number of rotatable bonds is 2. The topological polar surface area (TPSA) is 63.6 Å². The number of benzene rings is 1. The fourth-order valence-corrected chi connectivity index (χ4v) is 1.87. The molecule has 2 aromatic heterocycles. The Morgan fingerprint density at radius 3 is 3.11 bits per heavy atom. The van der Waals surface area contributed by atoms with Crippen LogP contribution in [0.2, 0.25) is 0 Å². The molecule has 3 rings (SSSR count). The number of aromatic nitrogens is 4. The zero-order valence-corrected chi connectivity index (χ0v) is 9.30. The molecule has 0 aliphatic rings. The molecule has 1 aromatic carbocycles. The van der Waals surface area contributed by atoms with Gasteiger partial charge >= 0.3 is 5.69 Å². The van der Waals surface area contributed by atoms with Crippen molar-refractivity contribution in [3.8, 4) is 0 Å². The van der Waals surface area contributed by atoms with Crippen LogP contribution in [0.25, 0.3) is 11.2 Å². The van der Waals surface area contributed by atoms with E-state index >= 15 is 0 Å². The smallest absolute Gasteiger partial charge is 0.290 e. The molecule has 0 saturated carbocycles. The van der Waals surface area contributed by atoms with Crippen LogP contribution in [-0.4, -0.2) is 19.5 Å². The Bertz CT molecular complexity index is 762. The summed E-state index contributed by atoms with van der Waals surface area (Å²) in [7, 11) is 0. The van der Waals surface area contributed by atoms with Crippen molar-refractivity contribution in [2.75, 3.05) is 0 Å². The van der Waals surface area contributed by atoms with Crippen LogP contribution in [-0.2, 0) is 6.54 Å². The van der Waals surface area contributed by atoms with Gasteiger partial charge in [0.15, 0.2) is 5.65 Å². The Balaban J connectivity index is 2.10. The van der Waals surface area contributed by atoms with E-state index in [1.807, 2.05) is 0 Å². The second-order valence-electron chi connectivity index (χ2n) is 3.90. The molecule has 0 aliphatic carbocycles. The lowest BCUT2D eigenvalue weighted by Crippen LogP contribution is -2.17. The van der Waals surface area contributed by atoms with Crippen molar-refractivity contribution in [1.29, 1.82) is 0 Å². The summed E-state index contributed by atoms with van der Waals surface area (Å²) in [6, 6.07) is 6.14. The lowest BCUT2D eigenvalue weighted by Gasteiger charge is -2.03. The number of hydrogen-bond donors (Lipinski definition) is 1. The van der Waals surface area contributed by atoms with Crippen LogP contribution in [0, 0.1) is 5.82 Å². The number of fused-ring (bicyclic) bond motifs is 1. The van der Waals surface area contributed by atoms with Crippen molar-refractivity contribution < 1.29 is 4.39 Å². The van der Waals surface area contributed by atoms with Gasteiger partial charge in [0, 0.05) is 0 Å². The van der Waals surface area contributed by atoms with E-state index in [-0.39, 0.29) is 18.1 Å². The molecule has 5 nitrogen and oxygen atoms in total. The Morgan fingerprint density at radius 2 is 2.28 bits per heavy atom. The van der Waals surface area contributed by atoms with E-state index in [1.54, 1.807) is 18.3 Å². The van der Waals surface area contributed by atoms with Gasteiger partial charge in [0.1, 0.15) is 17.7 Å². The maximum Gasteiger partial charge on any atom is 0.328 e. The molecule has 2 heterocycles. The third-order valence-electron chi connectivity index (χ3n) is 2.68. The Kier molecular flexibility index (Phi) is 2.40. The Hall–Kier alpha value is -2.50. The lowest BCUT2D eigenvalue weighted by molar-refractivity contribution is 0.623. The summed E-state index contributed by atoms with van der Waals surface area (Å²) in [5, 5.41) is 0. The van der Waals surface area contributed by atoms with E-state index < -0.39 is 0 Å². The number of H-pyrrole nitrogens is 1. The van der Waals surface area contributed by atoms with Crippen LogP contribution in [0.4, 0.5) is 4.39 Å². The lowest BCUT2D eigenvalue weighted by atomic mass is 10.2. The van der Waals surface area contributed by atoms with Gasteiger partial charge in [0.25, 0.3) is 0 Å². The Labute approximate surface area is 101 Å². The van der Waals surface area contributed by atoms with Gasteiger partial charge in [0.2, 0.25) is 0 Å². The highest BCUT2D eigenvalue weighted by Crippen LogP contribution is 2.09. The molecule has 0 atom stereocenters. The number of hydrogen-bond acceptors (Lipinski definition) is 3. The molecule has 0 fully saturated rings. The number of nitrogens with one attached hydrogen (secondary N) is 1. The average molecular weight is 244 g/mol. The third kappa shape index (κ3) is 1.77. The molecule has 0 saturated heterocycles. The minimum Gasteiger partial charge on any atom is -0.290 e. The first kappa shape index (κ1) is 10.6. The molecule has 0 spiro atoms. The number of imidazole rings is 1. The first-order valence-corrected chi connectivity index (χ1v) is 5.37. The molecular formula is C12H9FN4O. The highest BCUT2D eigenvalue weighted by Gasteiger charge is 2.08. The zero-order valence-electron chi connectivity index (χ0n) is 9.30. The summed E-state index contributed by atoms with van der Waals surface area (Å²) in [6.45, 7) is 0.282. The van der Waals surface area contributed by atoms with Gasteiger partial charge in [-0.3, -0.25) is 9.55 Å². The number of aromatic amines is 1. The van der Waals surface area contributed by atoms with Gasteiger partial charge in [-0.05, 0) is 17.7 Å². The quantitative estimate of drug-likeness (QED) is 0.739. The van der Waals surface area contributed by atoms with Crippen LogP contribution < -0.4 is 5.69 Å². The van der Waals surface area contributed by atoms with E-state index in [0.717, 1.165) is 0 Å². The SMILES string of the molecule is O=c1[nH]c2ncncc2n1Cc1cccc(F)c1. The molecule has 18 heavy (non-hydrogen) atoms. The van der Waals surface area contributed by atoms with E-state index in [2.05, 4.69) is 15.0 Å². The predicted octanol–water partition coefficient (Wildman–Crippen LogP) is 1.31. The molecule has 0 bridgehead atoms. The molecule has 90 valence electrons. The Morgan fingerprint density at radius 1 is 1.39 bits per heavy atom. The van der Waals surface area contributed by atoms with Gasteiger partial charge in [0.05, 0.1) is 12.7 Å². The first-order chi connectivity index (χ1) is 8.74. The molecule has 0 amide bonds. The first-order valence-electron chi connectivity index (χ1n) is 5.37. The predicted molar refractivity (Wildman–Crippen MR) is 63.7 cm³/mol. The molecule has 0 aliphatic heterocycles. The zero-order chi connectivity index (χ0) is 12.5. The van der Waals surface area contributed by atoms with Crippen LogP contribution in [0.3, 0.4) is 0 Å². The van der Waals surface area contributed by atoms with E-state index in [9.17, 15) is 9.18 Å². The fourth-order valence-electron chi connectivity index (χ4n) is 1.87. The molecule has 3 aromatic rings. The van der Waals surface area contributed by atoms with E-state index in [0.29, 0.717) is 16.7 Å². The average Bonchev–Trinajstić information content (AvgIpc) is 2.66. The number of halogens is 1. The van der Waals surface area contributed by atoms with Crippen molar-refractivity contribution in [1.82, 2.24) is 19.5 Å². The molecule has 0 radical (unpaired) electrons. The summed E-state index contributed by atoms with van der Waals surface area (Å²) in [4.78, 5) is 22.2. The summed E-state index contributed by atoms with van der Waals surface area (Å²) in [5.74, 6) is -0.323. The largest absolute Gasteiger partial charge is 0.328 e. The maximum atomic E-state index is 13.1. The van der Waals surface area contributed by atoms with Crippen LogP contribution in [0.5, 0.6) is 0 Å². The van der Waals surface area contributed by atoms with Crippen molar-refractivity contribution in [3.63, 3.8) is 0 Å². The van der Waals surface area contributed by atoms with Crippen LogP contribution >= 0.6 is 0 Å². The summed E-state index contributed by atoms with van der Waals surface area (Å²) < 4.78 is 14.6. The normalized spacial score (nSPS) is 10.9. The molecule has 0 unspecified atom stereocenters. The van der Waals surface area contributed by atoms with Crippen molar-refractivity contribution in [2.24, 2.45) is 0 Å². The van der Waals surface area contributed by atoms with Gasteiger partial charge in [-0.25, -0.2) is 19.2 Å². The molecule has 1 N–H and O–H groups in total. The standard InChI is InChI=1S/C12H9FN4O/c13-9-3-1-2-8(4-9)6-17-10-5-14-7-15-11(10)16-12(17)18/h1-5,7H,6H2,(H,14,15,16,18). The second-order valence-corrected chi connectivity index (χ2v) is 3.90. The fraction of sp³-hybridized carbons (Fsp3) is 0.0833. The second kappa shape index (κ2) is 4.06. The highest BCUT2D eigenvalue weighted by atomic mass is 19.1. The minimum absolute atomic E-state index is 0.282. The van der Waals surface area contributed by atoms with Crippen molar-refractivity contribution in [3.05, 3.63) is 58.7 Å². The highest BCUT2D eigenvalue weighted by molar-refractivity contribution is 5.69. The summed E-state index contributed by atoms with van der Waals surface area (Å²) >= 11 is 0. The third-order valence-corrected chi connectivity index (χ3v) is 2.68. The minimum atomic E-state index is -0.323. The van der Waals surface area contributed by atoms with Crippen molar-refractivity contribution >= 4 is 11.2 Å². The van der Waals surface area contributed by atoms with Crippen LogP contribution in [0.1, 0.15) is 5.56 Å². The summed E-state index contributed by atoms with van der Waals surface area (Å²) in [6.07, 6.45) is 2.92. The molecule has 6 heteroatoms. The maximum absolute atomic E-state index is 13.1. The number of nitrogens with zero attached hydrogens (tertiary/aromatic N) is 3. The van der Waals surface area contributed by atoms with Gasteiger partial charge < -0.3 is 0 Å². The molecular weight excluding hydrogens is 235 g/mol. The monoisotopic (exact) mass is 244 g/mol.